The highest BCUT2D eigenvalue weighted by Crippen LogP contribution is 2.33. The molecular weight excluding hydrogens is 339 g/mol. The fourth-order valence-corrected chi connectivity index (χ4v) is 2.81. The van der Waals surface area contributed by atoms with E-state index in [0.29, 0.717) is 0 Å². The number of nitrogens with one attached hydrogen (secondary N) is 1. The van der Waals surface area contributed by atoms with Crippen LogP contribution in [0, 0.1) is 0 Å². The van der Waals surface area contributed by atoms with Crippen molar-refractivity contribution >= 4 is 39.1 Å². The molecule has 0 aliphatic heterocycles. The summed E-state index contributed by atoms with van der Waals surface area (Å²) in [5.41, 5.74) is -0.390. The minimum Gasteiger partial charge on any atom is -0.482 e. The molecule has 1 amide bonds. The van der Waals surface area contributed by atoms with Gasteiger partial charge in [0.2, 0.25) is 10.0 Å². The number of carbonyl (C=O) groups is 1. The number of amides is 1. The Bertz CT molecular complexity index is 654. The maximum Gasteiger partial charge on any atom is 0.258 e. The fraction of sp³-hybridized carbons (Fsp3) is 0.417. The third-order valence-electron chi connectivity index (χ3n) is 2.17. The molecule has 1 aromatic carbocycles. The van der Waals surface area contributed by atoms with Crippen LogP contribution in [0.2, 0.25) is 10.0 Å². The van der Waals surface area contributed by atoms with Crippen LogP contribution in [0.1, 0.15) is 20.8 Å². The lowest BCUT2D eigenvalue weighted by atomic mass is 10.1. The van der Waals surface area contributed by atoms with Crippen LogP contribution >= 0.6 is 23.2 Å². The quantitative estimate of drug-likeness (QED) is 0.862. The van der Waals surface area contributed by atoms with Crippen molar-refractivity contribution in [2.75, 3.05) is 6.61 Å². The Morgan fingerprint density at radius 2 is 1.86 bits per heavy atom. The zero-order chi connectivity index (χ0) is 16.4. The summed E-state index contributed by atoms with van der Waals surface area (Å²) in [6.07, 6.45) is 0. The van der Waals surface area contributed by atoms with E-state index in [2.05, 4.69) is 5.32 Å². The number of sulfonamides is 1. The SMILES string of the molecule is CC(C)(C)NC(=O)COc1cc(Cl)c(S(N)(=O)=O)cc1Cl. The molecule has 0 fully saturated rings. The maximum atomic E-state index is 11.6. The van der Waals surface area contributed by atoms with Gasteiger partial charge in [-0.15, -0.1) is 0 Å². The molecule has 0 spiro atoms. The lowest BCUT2D eigenvalue weighted by molar-refractivity contribution is -0.124. The molecule has 0 aliphatic carbocycles. The minimum atomic E-state index is -3.98. The minimum absolute atomic E-state index is 0.00742. The van der Waals surface area contributed by atoms with Crippen LogP contribution in [-0.4, -0.2) is 26.5 Å². The highest BCUT2D eigenvalue weighted by molar-refractivity contribution is 7.89. The number of primary sulfonamides is 1. The summed E-state index contributed by atoms with van der Waals surface area (Å²) in [7, 11) is -3.98. The van der Waals surface area contributed by atoms with E-state index in [1.54, 1.807) is 0 Å². The maximum absolute atomic E-state index is 11.6. The molecule has 21 heavy (non-hydrogen) atoms. The van der Waals surface area contributed by atoms with Crippen LogP contribution in [0.25, 0.3) is 0 Å². The van der Waals surface area contributed by atoms with Crippen molar-refractivity contribution in [3.63, 3.8) is 0 Å². The molecule has 118 valence electrons. The number of benzene rings is 1. The average molecular weight is 355 g/mol. The summed E-state index contributed by atoms with van der Waals surface area (Å²) in [5.74, 6) is -0.247. The third kappa shape index (κ3) is 5.70. The molecule has 1 aromatic rings. The normalized spacial score (nSPS) is 12.1. The molecule has 1 rings (SSSR count). The molecule has 3 N–H and O–H groups in total. The predicted octanol–water partition coefficient (Wildman–Crippen LogP) is 1.93. The summed E-state index contributed by atoms with van der Waals surface area (Å²) in [4.78, 5) is 11.3. The van der Waals surface area contributed by atoms with Crippen molar-refractivity contribution in [2.45, 2.75) is 31.2 Å². The monoisotopic (exact) mass is 354 g/mol. The summed E-state index contributed by atoms with van der Waals surface area (Å²) < 4.78 is 27.8. The molecule has 0 bridgehead atoms. The zero-order valence-electron chi connectivity index (χ0n) is 11.7. The lowest BCUT2D eigenvalue weighted by Gasteiger charge is -2.20. The predicted molar refractivity (Wildman–Crippen MR) is 81.2 cm³/mol. The molecule has 0 heterocycles. The molecular formula is C12H16Cl2N2O4S. The Morgan fingerprint density at radius 3 is 2.33 bits per heavy atom. The number of ether oxygens (including phenoxy) is 1. The van der Waals surface area contributed by atoms with Crippen molar-refractivity contribution in [1.82, 2.24) is 5.32 Å². The summed E-state index contributed by atoms with van der Waals surface area (Å²) in [6.45, 7) is 5.21. The Kier molecular flexibility index (Phi) is 5.49. The summed E-state index contributed by atoms with van der Waals surface area (Å²) >= 11 is 11.7. The molecule has 9 heteroatoms. The van der Waals surface area contributed by atoms with Crippen LogP contribution in [0.4, 0.5) is 0 Å². The molecule has 0 aliphatic rings. The molecule has 0 saturated heterocycles. The van der Waals surface area contributed by atoms with Crippen molar-refractivity contribution in [3.05, 3.63) is 22.2 Å². The Hall–Kier alpha value is -1.02. The van der Waals surface area contributed by atoms with Gasteiger partial charge >= 0.3 is 0 Å². The second-order valence-corrected chi connectivity index (χ2v) is 7.69. The second kappa shape index (κ2) is 6.39. The van der Waals surface area contributed by atoms with E-state index >= 15 is 0 Å². The van der Waals surface area contributed by atoms with E-state index in [1.165, 1.54) is 6.07 Å². The van der Waals surface area contributed by atoms with Gasteiger partial charge in [0, 0.05) is 11.6 Å². The molecule has 0 unspecified atom stereocenters. The number of halogens is 2. The van der Waals surface area contributed by atoms with Crippen LogP contribution in [0.5, 0.6) is 5.75 Å². The van der Waals surface area contributed by atoms with Gasteiger partial charge in [-0.1, -0.05) is 23.2 Å². The van der Waals surface area contributed by atoms with E-state index in [0.717, 1.165) is 6.07 Å². The number of nitrogens with two attached hydrogens (primary N) is 1. The number of rotatable bonds is 4. The van der Waals surface area contributed by atoms with Crippen molar-refractivity contribution in [3.8, 4) is 5.75 Å². The van der Waals surface area contributed by atoms with Crippen LogP contribution < -0.4 is 15.2 Å². The van der Waals surface area contributed by atoms with Gasteiger partial charge in [0.15, 0.2) is 6.61 Å². The van der Waals surface area contributed by atoms with Gasteiger partial charge in [0.1, 0.15) is 10.6 Å². The smallest absolute Gasteiger partial charge is 0.258 e. The first-order valence-corrected chi connectivity index (χ1v) is 8.16. The van der Waals surface area contributed by atoms with Gasteiger partial charge < -0.3 is 10.1 Å². The standard InChI is InChI=1S/C12H16Cl2N2O4S/c1-12(2,3)16-11(17)6-20-9-4-8(14)10(5-7(9)13)21(15,18)19/h4-5H,6H2,1-3H3,(H,16,17)(H2,15,18,19). The van der Waals surface area contributed by atoms with Crippen LogP contribution in [0.3, 0.4) is 0 Å². The van der Waals surface area contributed by atoms with Crippen molar-refractivity contribution in [2.24, 2.45) is 5.14 Å². The zero-order valence-corrected chi connectivity index (χ0v) is 14.1. The highest BCUT2D eigenvalue weighted by Gasteiger charge is 2.18. The average Bonchev–Trinajstić information content (AvgIpc) is 2.26. The number of carbonyl (C=O) groups excluding carboxylic acids is 1. The van der Waals surface area contributed by atoms with Gasteiger partial charge in [0.25, 0.3) is 5.91 Å². The topological polar surface area (TPSA) is 98.5 Å². The van der Waals surface area contributed by atoms with Crippen molar-refractivity contribution in [1.29, 1.82) is 0 Å². The van der Waals surface area contributed by atoms with E-state index in [9.17, 15) is 13.2 Å². The van der Waals surface area contributed by atoms with Gasteiger partial charge in [-0.05, 0) is 26.8 Å². The first-order valence-electron chi connectivity index (χ1n) is 5.86. The molecule has 0 atom stereocenters. The largest absolute Gasteiger partial charge is 0.482 e. The van der Waals surface area contributed by atoms with Gasteiger partial charge in [0.05, 0.1) is 10.0 Å². The van der Waals surface area contributed by atoms with E-state index in [-0.39, 0.29) is 38.7 Å². The first-order chi connectivity index (χ1) is 9.40. The Balaban J connectivity index is 2.87. The Labute approximate surface area is 133 Å². The molecule has 6 nitrogen and oxygen atoms in total. The van der Waals surface area contributed by atoms with Gasteiger partial charge in [-0.2, -0.15) is 0 Å². The van der Waals surface area contributed by atoms with E-state index < -0.39 is 10.0 Å². The second-order valence-electron chi connectivity index (χ2n) is 5.34. The first kappa shape index (κ1) is 18.0. The lowest BCUT2D eigenvalue weighted by Crippen LogP contribution is -2.43. The van der Waals surface area contributed by atoms with Crippen LogP contribution in [0.15, 0.2) is 17.0 Å². The highest BCUT2D eigenvalue weighted by atomic mass is 35.5. The van der Waals surface area contributed by atoms with E-state index in [1.807, 2.05) is 20.8 Å². The molecule has 0 saturated carbocycles. The van der Waals surface area contributed by atoms with Gasteiger partial charge in [-0.3, -0.25) is 4.79 Å². The van der Waals surface area contributed by atoms with Crippen molar-refractivity contribution < 1.29 is 17.9 Å². The Morgan fingerprint density at radius 1 is 1.29 bits per heavy atom. The fourth-order valence-electron chi connectivity index (χ4n) is 1.44. The number of hydrogen-bond acceptors (Lipinski definition) is 4. The number of hydrogen-bond donors (Lipinski definition) is 2. The summed E-state index contributed by atoms with van der Waals surface area (Å²) in [6, 6.07) is 2.28. The third-order valence-corrected chi connectivity index (χ3v) is 3.84. The molecule has 0 radical (unpaired) electrons. The van der Waals surface area contributed by atoms with E-state index in [4.69, 9.17) is 33.1 Å². The van der Waals surface area contributed by atoms with Crippen LogP contribution in [-0.2, 0) is 14.8 Å². The van der Waals surface area contributed by atoms with Gasteiger partial charge in [-0.25, -0.2) is 13.6 Å². The molecule has 0 aromatic heterocycles. The summed E-state index contributed by atoms with van der Waals surface area (Å²) in [5, 5.41) is 7.56.